The van der Waals surface area contributed by atoms with Crippen LogP contribution in [0.25, 0.3) is 0 Å². The van der Waals surface area contributed by atoms with E-state index in [0.717, 1.165) is 10.4 Å². The van der Waals surface area contributed by atoms with Gasteiger partial charge < -0.3 is 5.32 Å². The van der Waals surface area contributed by atoms with Gasteiger partial charge in [0, 0.05) is 17.0 Å². The second kappa shape index (κ2) is 4.89. The number of thioether (sulfide) groups is 1. The van der Waals surface area contributed by atoms with Crippen LogP contribution in [0.4, 0.5) is 0 Å². The monoisotopic (exact) mass is 273 g/mol. The molecule has 0 bridgehead atoms. The molecule has 1 aromatic heterocycles. The summed E-state index contributed by atoms with van der Waals surface area (Å²) < 4.78 is 0.954. The summed E-state index contributed by atoms with van der Waals surface area (Å²) in [6, 6.07) is 3.48. The smallest absolute Gasteiger partial charge is 0.0934 e. The SMILES string of the molecule is Clc1cc2c(s1)CCC2NC1CCSCC1. The molecule has 0 aromatic carbocycles. The van der Waals surface area contributed by atoms with Gasteiger partial charge in [-0.2, -0.15) is 11.8 Å². The Morgan fingerprint density at radius 1 is 1.25 bits per heavy atom. The maximum atomic E-state index is 6.07. The van der Waals surface area contributed by atoms with E-state index in [1.54, 1.807) is 11.3 Å². The van der Waals surface area contributed by atoms with E-state index < -0.39 is 0 Å². The van der Waals surface area contributed by atoms with Crippen LogP contribution in [0.2, 0.25) is 4.34 Å². The number of hydrogen-bond acceptors (Lipinski definition) is 3. The maximum absolute atomic E-state index is 6.07. The third-order valence-corrected chi connectivity index (χ3v) is 5.89. The van der Waals surface area contributed by atoms with Crippen LogP contribution in [0, 0.1) is 0 Å². The predicted molar refractivity (Wildman–Crippen MR) is 73.9 cm³/mol. The minimum absolute atomic E-state index is 0.576. The minimum Gasteiger partial charge on any atom is -0.307 e. The van der Waals surface area contributed by atoms with E-state index in [2.05, 4.69) is 23.1 Å². The van der Waals surface area contributed by atoms with Crippen LogP contribution in [0.3, 0.4) is 0 Å². The molecule has 0 saturated carbocycles. The first-order valence-electron chi connectivity index (χ1n) is 5.95. The van der Waals surface area contributed by atoms with Crippen molar-refractivity contribution in [3.8, 4) is 0 Å². The molecule has 3 rings (SSSR count). The lowest BCUT2D eigenvalue weighted by atomic mass is 10.1. The molecule has 2 heterocycles. The van der Waals surface area contributed by atoms with Gasteiger partial charge in [0.2, 0.25) is 0 Å². The molecule has 88 valence electrons. The molecule has 0 radical (unpaired) electrons. The standard InChI is InChI=1S/C12H16ClNS2/c13-12-7-9-10(1-2-11(9)16-12)14-8-3-5-15-6-4-8/h7-8,10,14H,1-6H2. The summed E-state index contributed by atoms with van der Waals surface area (Å²) in [6.45, 7) is 0. The van der Waals surface area contributed by atoms with E-state index in [9.17, 15) is 0 Å². The van der Waals surface area contributed by atoms with Crippen molar-refractivity contribution in [2.45, 2.75) is 37.8 Å². The molecule has 1 unspecified atom stereocenters. The highest BCUT2D eigenvalue weighted by Gasteiger charge is 2.27. The van der Waals surface area contributed by atoms with Crippen molar-refractivity contribution in [3.63, 3.8) is 0 Å². The van der Waals surface area contributed by atoms with Crippen LogP contribution in [0.1, 0.15) is 35.7 Å². The summed E-state index contributed by atoms with van der Waals surface area (Å²) >= 11 is 9.92. The lowest BCUT2D eigenvalue weighted by Gasteiger charge is -2.26. The van der Waals surface area contributed by atoms with E-state index in [4.69, 9.17) is 11.6 Å². The normalized spacial score (nSPS) is 25.9. The zero-order valence-electron chi connectivity index (χ0n) is 9.17. The van der Waals surface area contributed by atoms with Crippen LogP contribution >= 0.6 is 34.7 Å². The molecule has 2 aliphatic rings. The molecule has 1 nitrogen and oxygen atoms in total. The lowest BCUT2D eigenvalue weighted by Crippen LogP contribution is -2.34. The highest BCUT2D eigenvalue weighted by molar-refractivity contribution is 7.99. The van der Waals surface area contributed by atoms with Crippen LogP contribution in [-0.4, -0.2) is 17.5 Å². The molecule has 1 N–H and O–H groups in total. The first-order chi connectivity index (χ1) is 7.83. The van der Waals surface area contributed by atoms with Crippen molar-refractivity contribution in [3.05, 3.63) is 20.8 Å². The van der Waals surface area contributed by atoms with E-state index in [1.165, 1.54) is 47.6 Å². The van der Waals surface area contributed by atoms with E-state index in [1.807, 2.05) is 0 Å². The molecule has 1 saturated heterocycles. The van der Waals surface area contributed by atoms with E-state index in [-0.39, 0.29) is 0 Å². The highest BCUT2D eigenvalue weighted by atomic mass is 35.5. The molecule has 0 spiro atoms. The average molecular weight is 274 g/mol. The van der Waals surface area contributed by atoms with Crippen LogP contribution in [0.5, 0.6) is 0 Å². The molecule has 1 aromatic rings. The number of aryl methyl sites for hydroxylation is 1. The molecule has 0 amide bonds. The van der Waals surface area contributed by atoms with Gasteiger partial charge in [-0.15, -0.1) is 11.3 Å². The topological polar surface area (TPSA) is 12.0 Å². The van der Waals surface area contributed by atoms with Crippen LogP contribution < -0.4 is 5.32 Å². The fraction of sp³-hybridized carbons (Fsp3) is 0.667. The minimum atomic E-state index is 0.576. The lowest BCUT2D eigenvalue weighted by molar-refractivity contribution is 0.412. The van der Waals surface area contributed by atoms with Crippen molar-refractivity contribution in [1.29, 1.82) is 0 Å². The Bertz CT molecular complexity index is 371. The number of hydrogen-bond donors (Lipinski definition) is 1. The summed E-state index contributed by atoms with van der Waals surface area (Å²) in [5.74, 6) is 2.64. The second-order valence-corrected chi connectivity index (χ2v) is 7.57. The third kappa shape index (κ3) is 2.28. The highest BCUT2D eigenvalue weighted by Crippen LogP contribution is 2.39. The number of rotatable bonds is 2. The quantitative estimate of drug-likeness (QED) is 0.878. The van der Waals surface area contributed by atoms with Gasteiger partial charge in [-0.25, -0.2) is 0 Å². The molecule has 1 atom stereocenters. The van der Waals surface area contributed by atoms with Gasteiger partial charge >= 0.3 is 0 Å². The average Bonchev–Trinajstić information content (AvgIpc) is 2.81. The number of nitrogens with one attached hydrogen (secondary N) is 1. The van der Waals surface area contributed by atoms with Gasteiger partial charge in [-0.3, -0.25) is 0 Å². The molecule has 4 heteroatoms. The summed E-state index contributed by atoms with van der Waals surface area (Å²) in [5, 5.41) is 3.82. The summed E-state index contributed by atoms with van der Waals surface area (Å²) in [4.78, 5) is 1.51. The molecular weight excluding hydrogens is 258 g/mol. The first kappa shape index (κ1) is 11.4. The van der Waals surface area contributed by atoms with Gasteiger partial charge in [-0.05, 0) is 48.8 Å². The van der Waals surface area contributed by atoms with Gasteiger partial charge in [0.05, 0.1) is 4.34 Å². The summed E-state index contributed by atoms with van der Waals surface area (Å²) in [7, 11) is 0. The molecule has 1 aliphatic carbocycles. The van der Waals surface area contributed by atoms with Gasteiger partial charge in [-0.1, -0.05) is 11.6 Å². The van der Waals surface area contributed by atoms with Crippen molar-refractivity contribution in [2.75, 3.05) is 11.5 Å². The summed E-state index contributed by atoms with van der Waals surface area (Å²) in [5.41, 5.74) is 1.48. The van der Waals surface area contributed by atoms with Gasteiger partial charge in [0.25, 0.3) is 0 Å². The first-order valence-corrected chi connectivity index (χ1v) is 8.30. The maximum Gasteiger partial charge on any atom is 0.0934 e. The number of thiophene rings is 1. The number of halogens is 1. The zero-order valence-corrected chi connectivity index (χ0v) is 11.6. The van der Waals surface area contributed by atoms with E-state index >= 15 is 0 Å². The summed E-state index contributed by atoms with van der Waals surface area (Å²) in [6.07, 6.45) is 5.14. The predicted octanol–water partition coefficient (Wildman–Crippen LogP) is 3.87. The Kier molecular flexibility index (Phi) is 3.48. The Morgan fingerprint density at radius 2 is 2.06 bits per heavy atom. The molecule has 16 heavy (non-hydrogen) atoms. The third-order valence-electron chi connectivity index (χ3n) is 3.51. The molecule has 1 aliphatic heterocycles. The Balaban J connectivity index is 1.67. The van der Waals surface area contributed by atoms with Gasteiger partial charge in [0.1, 0.15) is 0 Å². The number of fused-ring (bicyclic) bond motifs is 1. The van der Waals surface area contributed by atoms with Crippen molar-refractivity contribution in [2.24, 2.45) is 0 Å². The fourth-order valence-corrected chi connectivity index (χ4v) is 5.12. The molecule has 1 fully saturated rings. The van der Waals surface area contributed by atoms with Crippen LogP contribution in [0.15, 0.2) is 6.07 Å². The Morgan fingerprint density at radius 3 is 2.88 bits per heavy atom. The second-order valence-electron chi connectivity index (χ2n) is 4.57. The van der Waals surface area contributed by atoms with Crippen molar-refractivity contribution >= 4 is 34.7 Å². The molecular formula is C12H16ClNS2. The van der Waals surface area contributed by atoms with Gasteiger partial charge in [0.15, 0.2) is 0 Å². The Labute approximate surface area is 110 Å². The van der Waals surface area contributed by atoms with Crippen molar-refractivity contribution in [1.82, 2.24) is 5.32 Å². The Hall–Kier alpha value is 0.300. The van der Waals surface area contributed by atoms with E-state index in [0.29, 0.717) is 6.04 Å². The fourth-order valence-electron chi connectivity index (χ4n) is 2.65. The van der Waals surface area contributed by atoms with Crippen molar-refractivity contribution < 1.29 is 0 Å². The van der Waals surface area contributed by atoms with Crippen LogP contribution in [-0.2, 0) is 6.42 Å². The largest absolute Gasteiger partial charge is 0.307 e. The zero-order chi connectivity index (χ0) is 11.0.